The molecule has 26 heavy (non-hydrogen) atoms. The third kappa shape index (κ3) is 3.88. The fourth-order valence-corrected chi connectivity index (χ4v) is 2.38. The van der Waals surface area contributed by atoms with E-state index < -0.39 is 17.8 Å². The molecule has 0 bridgehead atoms. The van der Waals surface area contributed by atoms with E-state index in [1.54, 1.807) is 19.1 Å². The third-order valence-electron chi connectivity index (χ3n) is 3.82. The molecule has 0 aliphatic rings. The summed E-state index contributed by atoms with van der Waals surface area (Å²) in [5.41, 5.74) is 2.27. The molecule has 0 aliphatic heterocycles. The van der Waals surface area contributed by atoms with Gasteiger partial charge in [-0.2, -0.15) is 0 Å². The molecular weight excluding hydrogens is 337 g/mol. The molecule has 7 heteroatoms. The summed E-state index contributed by atoms with van der Waals surface area (Å²) in [4.78, 5) is 12.5. The molecule has 0 saturated carbocycles. The van der Waals surface area contributed by atoms with Crippen LogP contribution in [0.5, 0.6) is 5.75 Å². The summed E-state index contributed by atoms with van der Waals surface area (Å²) >= 11 is 0. The van der Waals surface area contributed by atoms with Crippen molar-refractivity contribution in [3.8, 4) is 17.0 Å². The molecule has 3 aromatic rings. The lowest BCUT2D eigenvalue weighted by Crippen LogP contribution is -2.32. The Balaban J connectivity index is 1.76. The van der Waals surface area contributed by atoms with Gasteiger partial charge in [-0.05, 0) is 35.8 Å². The van der Waals surface area contributed by atoms with Crippen LogP contribution in [0.15, 0.2) is 53.2 Å². The second kappa shape index (κ2) is 7.77. The van der Waals surface area contributed by atoms with E-state index in [0.29, 0.717) is 12.1 Å². The van der Waals surface area contributed by atoms with Crippen LogP contribution < -0.4 is 10.1 Å². The number of hydrogen-bond acceptors (Lipinski definition) is 5. The molecule has 1 N–H and O–H groups in total. The number of halogens is 1. The van der Waals surface area contributed by atoms with E-state index >= 15 is 0 Å². The summed E-state index contributed by atoms with van der Waals surface area (Å²) in [6.07, 6.45) is -0.528. The lowest BCUT2D eigenvalue weighted by Gasteiger charge is -2.17. The van der Waals surface area contributed by atoms with E-state index in [-0.39, 0.29) is 11.6 Å². The van der Waals surface area contributed by atoms with Crippen LogP contribution in [0.4, 0.5) is 10.2 Å². The molecule has 1 heterocycles. The zero-order valence-electron chi connectivity index (χ0n) is 14.4. The van der Waals surface area contributed by atoms with Gasteiger partial charge in [0, 0.05) is 5.56 Å². The molecule has 3 rings (SSSR count). The van der Waals surface area contributed by atoms with Crippen molar-refractivity contribution in [2.24, 2.45) is 0 Å². The molecule has 134 valence electrons. The van der Waals surface area contributed by atoms with Crippen molar-refractivity contribution >= 4 is 11.7 Å². The predicted octanol–water partition coefficient (Wildman–Crippen LogP) is 3.98. The van der Waals surface area contributed by atoms with Crippen LogP contribution in [0.25, 0.3) is 11.3 Å². The minimum absolute atomic E-state index is 0.0199. The monoisotopic (exact) mass is 355 g/mol. The maximum absolute atomic E-state index is 13.8. The highest BCUT2D eigenvalue weighted by Gasteiger charge is 2.23. The van der Waals surface area contributed by atoms with E-state index in [9.17, 15) is 9.18 Å². The van der Waals surface area contributed by atoms with Gasteiger partial charge in [0.2, 0.25) is 5.82 Å². The largest absolute Gasteiger partial charge is 0.478 e. The quantitative estimate of drug-likeness (QED) is 0.724. The number of amides is 1. The Kier molecular flexibility index (Phi) is 5.26. The molecule has 0 spiro atoms. The predicted molar refractivity (Wildman–Crippen MR) is 94.2 cm³/mol. The van der Waals surface area contributed by atoms with Crippen molar-refractivity contribution in [2.75, 3.05) is 5.32 Å². The summed E-state index contributed by atoms with van der Waals surface area (Å²) < 4.78 is 24.0. The molecule has 0 fully saturated rings. The topological polar surface area (TPSA) is 77.2 Å². The Morgan fingerprint density at radius 1 is 1.19 bits per heavy atom. The average Bonchev–Trinajstić information content (AvgIpc) is 3.09. The van der Waals surface area contributed by atoms with Gasteiger partial charge in [-0.3, -0.25) is 4.79 Å². The van der Waals surface area contributed by atoms with Gasteiger partial charge in [0.15, 0.2) is 23.4 Å². The lowest BCUT2D eigenvalue weighted by atomic mass is 10.1. The van der Waals surface area contributed by atoms with E-state index in [2.05, 4.69) is 15.6 Å². The van der Waals surface area contributed by atoms with Gasteiger partial charge in [-0.15, -0.1) is 0 Å². The van der Waals surface area contributed by atoms with Gasteiger partial charge in [0.05, 0.1) is 0 Å². The molecule has 0 aliphatic carbocycles. The van der Waals surface area contributed by atoms with Gasteiger partial charge in [0.25, 0.3) is 5.91 Å². The van der Waals surface area contributed by atoms with E-state index in [1.807, 2.05) is 31.2 Å². The fourth-order valence-electron chi connectivity index (χ4n) is 2.38. The Morgan fingerprint density at radius 2 is 1.92 bits per heavy atom. The van der Waals surface area contributed by atoms with Crippen LogP contribution >= 0.6 is 0 Å². The Labute approximate surface area is 149 Å². The smallest absolute Gasteiger partial charge is 0.266 e. The Morgan fingerprint density at radius 3 is 2.62 bits per heavy atom. The van der Waals surface area contributed by atoms with Crippen LogP contribution in [0.1, 0.15) is 18.9 Å². The molecule has 6 nitrogen and oxygen atoms in total. The number of aryl methyl sites for hydroxylation is 1. The second-order valence-electron chi connectivity index (χ2n) is 5.76. The number of aromatic nitrogens is 2. The average molecular weight is 355 g/mol. The second-order valence-corrected chi connectivity index (χ2v) is 5.76. The van der Waals surface area contributed by atoms with Crippen molar-refractivity contribution in [3.05, 3.63) is 59.9 Å². The number of para-hydroxylation sites is 1. The minimum Gasteiger partial charge on any atom is -0.478 e. The number of nitrogens with one attached hydrogen (secondary N) is 1. The standard InChI is InChI=1S/C19H18FN3O3/c1-3-15(25-16-7-5-4-6-14(16)20)19(24)21-18-17(22-26-23-18)13-10-8-12(2)9-11-13/h4-11,15H,3H2,1-2H3,(H,21,23,24). The van der Waals surface area contributed by atoms with Crippen LogP contribution in [0, 0.1) is 12.7 Å². The number of nitrogens with zero attached hydrogens (tertiary/aromatic N) is 2. The maximum atomic E-state index is 13.8. The molecule has 0 saturated heterocycles. The zero-order chi connectivity index (χ0) is 18.5. The number of rotatable bonds is 6. The molecular formula is C19H18FN3O3. The van der Waals surface area contributed by atoms with Crippen molar-refractivity contribution in [1.82, 2.24) is 10.3 Å². The van der Waals surface area contributed by atoms with E-state index in [0.717, 1.165) is 11.1 Å². The van der Waals surface area contributed by atoms with Crippen molar-refractivity contribution in [2.45, 2.75) is 26.4 Å². The zero-order valence-corrected chi connectivity index (χ0v) is 14.4. The number of ether oxygens (including phenoxy) is 1. The van der Waals surface area contributed by atoms with E-state index in [4.69, 9.17) is 9.37 Å². The van der Waals surface area contributed by atoms with Crippen LogP contribution in [0.3, 0.4) is 0 Å². The van der Waals surface area contributed by atoms with Gasteiger partial charge in [-0.25, -0.2) is 9.02 Å². The third-order valence-corrected chi connectivity index (χ3v) is 3.82. The van der Waals surface area contributed by atoms with Crippen LogP contribution in [-0.4, -0.2) is 22.3 Å². The first-order chi connectivity index (χ1) is 12.6. The normalized spacial score (nSPS) is 11.8. The van der Waals surface area contributed by atoms with Crippen molar-refractivity contribution in [1.29, 1.82) is 0 Å². The number of benzene rings is 2. The number of carbonyl (C=O) groups is 1. The van der Waals surface area contributed by atoms with Gasteiger partial charge >= 0.3 is 0 Å². The fraction of sp³-hybridized carbons (Fsp3) is 0.211. The highest BCUT2D eigenvalue weighted by atomic mass is 19.1. The van der Waals surface area contributed by atoms with Crippen molar-refractivity contribution in [3.63, 3.8) is 0 Å². The first kappa shape index (κ1) is 17.6. The number of carbonyl (C=O) groups excluding carboxylic acids is 1. The van der Waals surface area contributed by atoms with Crippen molar-refractivity contribution < 1.29 is 18.6 Å². The maximum Gasteiger partial charge on any atom is 0.266 e. The first-order valence-corrected chi connectivity index (χ1v) is 8.20. The molecule has 1 amide bonds. The van der Waals surface area contributed by atoms with Crippen LogP contribution in [-0.2, 0) is 4.79 Å². The highest BCUT2D eigenvalue weighted by molar-refractivity contribution is 5.96. The number of anilines is 1. The minimum atomic E-state index is -0.880. The van der Waals surface area contributed by atoms with Gasteiger partial charge in [-0.1, -0.05) is 48.9 Å². The molecule has 2 aromatic carbocycles. The van der Waals surface area contributed by atoms with Gasteiger partial charge < -0.3 is 10.1 Å². The number of hydrogen-bond donors (Lipinski definition) is 1. The Bertz CT molecular complexity index is 893. The summed E-state index contributed by atoms with van der Waals surface area (Å²) in [5, 5.41) is 10.2. The van der Waals surface area contributed by atoms with E-state index in [1.165, 1.54) is 12.1 Å². The summed E-state index contributed by atoms with van der Waals surface area (Å²) in [6, 6.07) is 13.5. The lowest BCUT2D eigenvalue weighted by molar-refractivity contribution is -0.122. The first-order valence-electron chi connectivity index (χ1n) is 8.20. The summed E-state index contributed by atoms with van der Waals surface area (Å²) in [6.45, 7) is 3.74. The summed E-state index contributed by atoms with van der Waals surface area (Å²) in [5.74, 6) is -0.775. The molecule has 0 radical (unpaired) electrons. The van der Waals surface area contributed by atoms with Crippen LogP contribution in [0.2, 0.25) is 0 Å². The summed E-state index contributed by atoms with van der Waals surface area (Å²) in [7, 11) is 0. The molecule has 1 atom stereocenters. The SMILES string of the molecule is CCC(Oc1ccccc1F)C(=O)Nc1nonc1-c1ccc(C)cc1. The highest BCUT2D eigenvalue weighted by Crippen LogP contribution is 2.25. The Hall–Kier alpha value is -3.22. The molecule has 1 unspecified atom stereocenters. The van der Waals surface area contributed by atoms with Gasteiger partial charge in [0.1, 0.15) is 0 Å². The molecule has 1 aromatic heterocycles.